The molecule has 2 rings (SSSR count). The van der Waals surface area contributed by atoms with Crippen molar-refractivity contribution >= 4 is 18.0 Å². The summed E-state index contributed by atoms with van der Waals surface area (Å²) in [5.41, 5.74) is 0.0940. The lowest BCUT2D eigenvalue weighted by molar-refractivity contribution is -0.149. The van der Waals surface area contributed by atoms with Gasteiger partial charge in [-0.3, -0.25) is 4.79 Å². The molecule has 0 heterocycles. The number of benzene rings is 1. The van der Waals surface area contributed by atoms with Gasteiger partial charge < -0.3 is 19.9 Å². The highest BCUT2D eigenvalue weighted by atomic mass is 16.6. The SMILES string of the molecule is CC(C)(C)OC(=O)NC(CCCC1(CC(=O)OCc2ccccc2)CCCCC1)C(=O)O. The summed E-state index contributed by atoms with van der Waals surface area (Å²) in [4.78, 5) is 36.2. The smallest absolute Gasteiger partial charge is 0.408 e. The Morgan fingerprint density at radius 1 is 1.09 bits per heavy atom. The third-order valence-electron chi connectivity index (χ3n) is 5.87. The first kappa shape index (κ1) is 25.7. The fourth-order valence-electron chi connectivity index (χ4n) is 4.30. The monoisotopic (exact) mass is 447 g/mol. The number of nitrogens with one attached hydrogen (secondary N) is 1. The van der Waals surface area contributed by atoms with Crippen LogP contribution in [0.4, 0.5) is 4.79 Å². The number of hydrogen-bond donors (Lipinski definition) is 2. The summed E-state index contributed by atoms with van der Waals surface area (Å²) in [7, 11) is 0. The van der Waals surface area contributed by atoms with Crippen molar-refractivity contribution in [1.82, 2.24) is 5.32 Å². The Hall–Kier alpha value is -2.57. The zero-order valence-corrected chi connectivity index (χ0v) is 19.5. The van der Waals surface area contributed by atoms with E-state index < -0.39 is 23.7 Å². The quantitative estimate of drug-likeness (QED) is 0.477. The molecule has 32 heavy (non-hydrogen) atoms. The molecule has 1 saturated carbocycles. The number of carbonyl (C=O) groups is 3. The van der Waals surface area contributed by atoms with Gasteiger partial charge in [-0.2, -0.15) is 0 Å². The molecule has 7 heteroatoms. The van der Waals surface area contributed by atoms with E-state index >= 15 is 0 Å². The van der Waals surface area contributed by atoms with E-state index in [4.69, 9.17) is 9.47 Å². The van der Waals surface area contributed by atoms with Crippen molar-refractivity contribution in [3.63, 3.8) is 0 Å². The van der Waals surface area contributed by atoms with Gasteiger partial charge in [0.15, 0.2) is 0 Å². The molecule has 0 bridgehead atoms. The molecule has 0 saturated heterocycles. The first-order chi connectivity index (χ1) is 15.1. The van der Waals surface area contributed by atoms with Crippen LogP contribution in [-0.4, -0.2) is 34.8 Å². The highest BCUT2D eigenvalue weighted by Crippen LogP contribution is 2.43. The zero-order chi connectivity index (χ0) is 23.6. The van der Waals surface area contributed by atoms with Gasteiger partial charge in [0.25, 0.3) is 0 Å². The number of carboxylic acids is 1. The number of rotatable bonds is 10. The summed E-state index contributed by atoms with van der Waals surface area (Å²) in [5, 5.41) is 12.0. The van der Waals surface area contributed by atoms with Crippen molar-refractivity contribution in [3.8, 4) is 0 Å². The molecule has 178 valence electrons. The zero-order valence-electron chi connectivity index (χ0n) is 19.5. The van der Waals surface area contributed by atoms with Crippen LogP contribution in [0.15, 0.2) is 30.3 Å². The maximum atomic E-state index is 12.6. The van der Waals surface area contributed by atoms with E-state index in [1.807, 2.05) is 30.3 Å². The molecule has 1 aromatic carbocycles. The summed E-state index contributed by atoms with van der Waals surface area (Å²) < 4.78 is 10.7. The molecular weight excluding hydrogens is 410 g/mol. The average molecular weight is 448 g/mol. The van der Waals surface area contributed by atoms with E-state index in [1.165, 1.54) is 0 Å². The summed E-state index contributed by atoms with van der Waals surface area (Å²) >= 11 is 0. The maximum absolute atomic E-state index is 12.6. The number of amides is 1. The minimum atomic E-state index is -1.09. The molecule has 0 aromatic heterocycles. The van der Waals surface area contributed by atoms with E-state index in [0.29, 0.717) is 12.8 Å². The molecule has 1 fully saturated rings. The van der Waals surface area contributed by atoms with E-state index in [-0.39, 0.29) is 24.4 Å². The van der Waals surface area contributed by atoms with Gasteiger partial charge in [-0.15, -0.1) is 0 Å². The second-order valence-corrected chi connectivity index (χ2v) is 9.81. The lowest BCUT2D eigenvalue weighted by atomic mass is 9.68. The van der Waals surface area contributed by atoms with Crippen molar-refractivity contribution < 1.29 is 29.0 Å². The highest BCUT2D eigenvalue weighted by Gasteiger charge is 2.35. The van der Waals surface area contributed by atoms with Crippen LogP contribution in [-0.2, 0) is 25.7 Å². The van der Waals surface area contributed by atoms with Gasteiger partial charge in [0.1, 0.15) is 18.2 Å². The second-order valence-electron chi connectivity index (χ2n) is 9.81. The lowest BCUT2D eigenvalue weighted by Gasteiger charge is -2.37. The normalized spacial score (nSPS) is 16.6. The number of alkyl carbamates (subject to hydrolysis) is 1. The molecule has 7 nitrogen and oxygen atoms in total. The average Bonchev–Trinajstić information content (AvgIpc) is 2.71. The van der Waals surface area contributed by atoms with Gasteiger partial charge >= 0.3 is 18.0 Å². The Labute approximate surface area is 190 Å². The van der Waals surface area contributed by atoms with Crippen molar-refractivity contribution in [2.75, 3.05) is 0 Å². The van der Waals surface area contributed by atoms with E-state index in [9.17, 15) is 19.5 Å². The Morgan fingerprint density at radius 2 is 1.75 bits per heavy atom. The third-order valence-corrected chi connectivity index (χ3v) is 5.87. The van der Waals surface area contributed by atoms with Crippen LogP contribution >= 0.6 is 0 Å². The van der Waals surface area contributed by atoms with Crippen LogP contribution in [0.3, 0.4) is 0 Å². The first-order valence-electron chi connectivity index (χ1n) is 11.5. The van der Waals surface area contributed by atoms with Crippen molar-refractivity contribution in [2.24, 2.45) is 5.41 Å². The van der Waals surface area contributed by atoms with Gasteiger partial charge in [-0.05, 0) is 57.4 Å². The van der Waals surface area contributed by atoms with Crippen LogP contribution < -0.4 is 5.32 Å². The van der Waals surface area contributed by atoms with Crippen LogP contribution in [0.5, 0.6) is 0 Å². The predicted molar refractivity (Wildman–Crippen MR) is 121 cm³/mol. The van der Waals surface area contributed by atoms with Crippen molar-refractivity contribution in [2.45, 2.75) is 96.8 Å². The molecule has 1 atom stereocenters. The number of ether oxygens (including phenoxy) is 2. The molecular formula is C25H37NO6. The summed E-state index contributed by atoms with van der Waals surface area (Å²) in [6, 6.07) is 8.58. The first-order valence-corrected chi connectivity index (χ1v) is 11.5. The third kappa shape index (κ3) is 9.28. The molecule has 0 radical (unpaired) electrons. The molecule has 0 aliphatic heterocycles. The van der Waals surface area contributed by atoms with Crippen LogP contribution in [0.2, 0.25) is 0 Å². The second kappa shape index (κ2) is 11.9. The Balaban J connectivity index is 1.89. The molecule has 1 aliphatic carbocycles. The van der Waals surface area contributed by atoms with E-state index in [0.717, 1.165) is 44.1 Å². The minimum Gasteiger partial charge on any atom is -0.480 e. The highest BCUT2D eigenvalue weighted by molar-refractivity contribution is 5.80. The predicted octanol–water partition coefficient (Wildman–Crippen LogP) is 5.22. The molecule has 1 aromatic rings. The van der Waals surface area contributed by atoms with Gasteiger partial charge in [-0.25, -0.2) is 9.59 Å². The summed E-state index contributed by atoms with van der Waals surface area (Å²) in [5.74, 6) is -1.30. The maximum Gasteiger partial charge on any atom is 0.408 e. The molecule has 0 spiro atoms. The van der Waals surface area contributed by atoms with Gasteiger partial charge in [0.2, 0.25) is 0 Å². The largest absolute Gasteiger partial charge is 0.480 e. The van der Waals surface area contributed by atoms with Crippen molar-refractivity contribution in [1.29, 1.82) is 0 Å². The van der Waals surface area contributed by atoms with Crippen molar-refractivity contribution in [3.05, 3.63) is 35.9 Å². The molecule has 1 unspecified atom stereocenters. The Bertz CT molecular complexity index is 749. The molecule has 1 amide bonds. The standard InChI is InChI=1S/C25H37NO6/c1-24(2,3)32-23(30)26-20(22(28)29)13-10-16-25(14-8-5-9-15-25)17-21(27)31-18-19-11-6-4-7-12-19/h4,6-7,11-12,20H,5,8-10,13-18H2,1-3H3,(H,26,30)(H,28,29). The van der Waals surface area contributed by atoms with Crippen LogP contribution in [0.25, 0.3) is 0 Å². The number of aliphatic carboxylic acids is 1. The number of carboxylic acid groups (broad SMARTS) is 1. The molecule has 1 aliphatic rings. The lowest BCUT2D eigenvalue weighted by Crippen LogP contribution is -2.43. The van der Waals surface area contributed by atoms with E-state index in [2.05, 4.69) is 5.32 Å². The van der Waals surface area contributed by atoms with Gasteiger partial charge in [0.05, 0.1) is 6.42 Å². The number of hydrogen-bond acceptors (Lipinski definition) is 5. The van der Waals surface area contributed by atoms with Crippen LogP contribution in [0.1, 0.15) is 84.1 Å². The van der Waals surface area contributed by atoms with Gasteiger partial charge in [0, 0.05) is 0 Å². The fourth-order valence-corrected chi connectivity index (χ4v) is 4.30. The number of esters is 1. The summed E-state index contributed by atoms with van der Waals surface area (Å²) in [6.07, 6.45) is 6.36. The Morgan fingerprint density at radius 3 is 2.34 bits per heavy atom. The van der Waals surface area contributed by atoms with E-state index in [1.54, 1.807) is 20.8 Å². The Kier molecular flexibility index (Phi) is 9.54. The minimum absolute atomic E-state index is 0.166. The fraction of sp³-hybridized carbons (Fsp3) is 0.640. The molecule has 2 N–H and O–H groups in total. The van der Waals surface area contributed by atoms with Gasteiger partial charge in [-0.1, -0.05) is 56.0 Å². The van der Waals surface area contributed by atoms with Crippen LogP contribution in [0, 0.1) is 5.41 Å². The number of carbonyl (C=O) groups excluding carboxylic acids is 2. The topological polar surface area (TPSA) is 102 Å². The summed E-state index contributed by atoms with van der Waals surface area (Å²) in [6.45, 7) is 5.45.